The average Bonchev–Trinajstić information content (AvgIpc) is 2.02. The number of rotatable bonds is 4. The Bertz CT molecular complexity index is 299. The minimum Gasteiger partial charge on any atom is -0.269 e. The molecule has 0 aliphatic heterocycles. The van der Waals surface area contributed by atoms with Crippen LogP contribution in [0, 0.1) is 11.3 Å². The fourth-order valence-corrected chi connectivity index (χ4v) is 0.666. The lowest BCUT2D eigenvalue weighted by atomic mass is 10.3. The molecule has 0 saturated carbocycles. The van der Waals surface area contributed by atoms with Gasteiger partial charge >= 0.3 is 10.1 Å². The van der Waals surface area contributed by atoms with Crippen LogP contribution in [0.1, 0.15) is 20.3 Å². The summed E-state index contributed by atoms with van der Waals surface area (Å²) in [5.41, 5.74) is 0.342. The van der Waals surface area contributed by atoms with Crippen molar-refractivity contribution in [3.8, 4) is 6.07 Å². The van der Waals surface area contributed by atoms with Crippen LogP contribution < -0.4 is 0 Å². The summed E-state index contributed by atoms with van der Waals surface area (Å²) in [5, 5.41) is 11.5. The van der Waals surface area contributed by atoms with E-state index in [1.54, 1.807) is 0 Å². The van der Waals surface area contributed by atoms with E-state index in [2.05, 4.69) is 9.44 Å². The molecule has 6 heteroatoms. The second-order valence-corrected chi connectivity index (χ2v) is 3.92. The Morgan fingerprint density at radius 1 is 1.67 bits per heavy atom. The van der Waals surface area contributed by atoms with Crippen LogP contribution in [-0.4, -0.2) is 19.9 Å². The lowest BCUT2D eigenvalue weighted by Crippen LogP contribution is -2.05. The predicted octanol–water partition coefficient (Wildman–Crippen LogP) is 0.642. The van der Waals surface area contributed by atoms with Gasteiger partial charge in [0.05, 0.1) is 24.0 Å². The van der Waals surface area contributed by atoms with E-state index in [0.717, 1.165) is 0 Å². The Kier molecular flexibility index (Phi) is 4.29. The third-order valence-corrected chi connectivity index (χ3v) is 2.00. The van der Waals surface area contributed by atoms with E-state index < -0.39 is 10.1 Å². The van der Waals surface area contributed by atoms with Crippen molar-refractivity contribution in [1.29, 1.82) is 5.26 Å². The summed E-state index contributed by atoms with van der Waals surface area (Å²) in [6.07, 6.45) is 0.0687. The highest BCUT2D eigenvalue weighted by atomic mass is 32.2. The van der Waals surface area contributed by atoms with E-state index >= 15 is 0 Å². The highest BCUT2D eigenvalue weighted by Crippen LogP contribution is 1.95. The molecule has 0 bridgehead atoms. The summed E-state index contributed by atoms with van der Waals surface area (Å²) in [6, 6.07) is 1.82. The van der Waals surface area contributed by atoms with Crippen molar-refractivity contribution >= 4 is 15.8 Å². The molecule has 0 aromatic heterocycles. The number of hydrogen-bond donors (Lipinski definition) is 0. The van der Waals surface area contributed by atoms with E-state index in [-0.39, 0.29) is 12.2 Å². The molecule has 0 heterocycles. The molecule has 0 N–H and O–H groups in total. The quantitative estimate of drug-likeness (QED) is 0.481. The fraction of sp³-hybridized carbons (Fsp3) is 0.667. The molecule has 0 radical (unpaired) electrons. The summed E-state index contributed by atoms with van der Waals surface area (Å²) in [7, 11) is -3.53. The van der Waals surface area contributed by atoms with Gasteiger partial charge in [0, 0.05) is 0 Å². The zero-order chi connectivity index (χ0) is 9.61. The van der Waals surface area contributed by atoms with Gasteiger partial charge in [-0.15, -0.1) is 0 Å². The van der Waals surface area contributed by atoms with Crippen LogP contribution in [0.25, 0.3) is 0 Å². The highest BCUT2D eigenvalue weighted by Gasteiger charge is 2.06. The SMILES string of the molecule is CCS(=O)(=O)O/N=C(\C)CC#N. The molecule has 0 fully saturated rings. The number of nitriles is 1. The van der Waals surface area contributed by atoms with Crippen molar-refractivity contribution in [2.24, 2.45) is 5.16 Å². The summed E-state index contributed by atoms with van der Waals surface area (Å²) in [5.74, 6) is -0.129. The lowest BCUT2D eigenvalue weighted by Gasteiger charge is -1.96. The molecule has 0 unspecified atom stereocenters. The highest BCUT2D eigenvalue weighted by molar-refractivity contribution is 7.86. The zero-order valence-corrected chi connectivity index (χ0v) is 7.76. The van der Waals surface area contributed by atoms with Crippen LogP contribution in [0.5, 0.6) is 0 Å². The van der Waals surface area contributed by atoms with Gasteiger partial charge in [-0.05, 0) is 13.8 Å². The van der Waals surface area contributed by atoms with Crippen LogP contribution in [0.4, 0.5) is 0 Å². The molecule has 68 valence electrons. The van der Waals surface area contributed by atoms with Crippen molar-refractivity contribution in [3.63, 3.8) is 0 Å². The van der Waals surface area contributed by atoms with Gasteiger partial charge in [0.1, 0.15) is 0 Å². The van der Waals surface area contributed by atoms with E-state index in [4.69, 9.17) is 5.26 Å². The van der Waals surface area contributed by atoms with Gasteiger partial charge in [-0.2, -0.15) is 13.7 Å². The molecule has 0 saturated heterocycles. The molecule has 0 spiro atoms. The first-order chi connectivity index (χ1) is 5.52. The van der Waals surface area contributed by atoms with Gasteiger partial charge in [0.15, 0.2) is 0 Å². The molecule has 0 aliphatic rings. The topological polar surface area (TPSA) is 79.5 Å². The van der Waals surface area contributed by atoms with Gasteiger partial charge in [-0.3, -0.25) is 4.28 Å². The number of hydrogen-bond acceptors (Lipinski definition) is 5. The van der Waals surface area contributed by atoms with Crippen LogP contribution in [0.15, 0.2) is 5.16 Å². The normalized spacial score (nSPS) is 12.2. The van der Waals surface area contributed by atoms with Gasteiger partial charge in [0.25, 0.3) is 0 Å². The Morgan fingerprint density at radius 3 is 2.67 bits per heavy atom. The Labute approximate surface area is 71.8 Å². The van der Waals surface area contributed by atoms with E-state index in [1.165, 1.54) is 13.8 Å². The standard InChI is InChI=1S/C6H10N2O3S/c1-3-12(9,10)11-8-6(2)4-5-7/h3-4H2,1-2H3/b8-6+. The Morgan fingerprint density at radius 2 is 2.25 bits per heavy atom. The smallest absolute Gasteiger partial charge is 0.269 e. The monoisotopic (exact) mass is 190 g/mol. The first-order valence-corrected chi connectivity index (χ1v) is 4.91. The average molecular weight is 190 g/mol. The molecular weight excluding hydrogens is 180 g/mol. The molecule has 0 aromatic rings. The van der Waals surface area contributed by atoms with E-state index in [1.807, 2.05) is 6.07 Å². The molecule has 0 amide bonds. The van der Waals surface area contributed by atoms with Crippen molar-refractivity contribution < 1.29 is 12.7 Å². The predicted molar refractivity (Wildman–Crippen MR) is 43.9 cm³/mol. The largest absolute Gasteiger partial charge is 0.328 e. The van der Waals surface area contributed by atoms with Gasteiger partial charge in [-0.25, -0.2) is 0 Å². The molecule has 12 heavy (non-hydrogen) atoms. The maximum absolute atomic E-state index is 10.7. The maximum atomic E-state index is 10.7. The molecule has 0 aliphatic carbocycles. The van der Waals surface area contributed by atoms with Crippen LogP contribution in [0.2, 0.25) is 0 Å². The van der Waals surface area contributed by atoms with Crippen LogP contribution in [0.3, 0.4) is 0 Å². The molecule has 0 rings (SSSR count). The second kappa shape index (κ2) is 4.72. The minimum atomic E-state index is -3.53. The summed E-state index contributed by atoms with van der Waals surface area (Å²) < 4.78 is 25.6. The Hall–Kier alpha value is -1.09. The number of nitrogens with zero attached hydrogens (tertiary/aromatic N) is 2. The minimum absolute atomic E-state index is 0.0687. The van der Waals surface area contributed by atoms with E-state index in [9.17, 15) is 8.42 Å². The Balaban J connectivity index is 4.16. The zero-order valence-electron chi connectivity index (χ0n) is 6.94. The fourth-order valence-electron chi connectivity index (χ4n) is 0.320. The molecular formula is C6H10N2O3S. The van der Waals surface area contributed by atoms with Crippen molar-refractivity contribution in [2.45, 2.75) is 20.3 Å². The van der Waals surface area contributed by atoms with E-state index in [0.29, 0.717) is 5.71 Å². The third kappa shape index (κ3) is 4.68. The van der Waals surface area contributed by atoms with Gasteiger partial charge in [-0.1, -0.05) is 5.16 Å². The maximum Gasteiger partial charge on any atom is 0.328 e. The van der Waals surface area contributed by atoms with Crippen molar-refractivity contribution in [2.75, 3.05) is 5.75 Å². The molecule has 0 atom stereocenters. The van der Waals surface area contributed by atoms with Gasteiger partial charge < -0.3 is 0 Å². The summed E-state index contributed by atoms with van der Waals surface area (Å²) >= 11 is 0. The summed E-state index contributed by atoms with van der Waals surface area (Å²) in [4.78, 5) is 0. The first kappa shape index (κ1) is 10.9. The number of oxime groups is 1. The van der Waals surface area contributed by atoms with Crippen molar-refractivity contribution in [1.82, 2.24) is 0 Å². The first-order valence-electron chi connectivity index (χ1n) is 3.33. The molecule has 0 aromatic carbocycles. The lowest BCUT2D eigenvalue weighted by molar-refractivity contribution is 0.339. The van der Waals surface area contributed by atoms with Crippen LogP contribution in [-0.2, 0) is 14.4 Å². The third-order valence-electron chi connectivity index (χ3n) is 0.995. The second-order valence-electron chi connectivity index (χ2n) is 2.08. The summed E-state index contributed by atoms with van der Waals surface area (Å²) in [6.45, 7) is 2.97. The van der Waals surface area contributed by atoms with Crippen molar-refractivity contribution in [3.05, 3.63) is 0 Å². The van der Waals surface area contributed by atoms with Crippen LogP contribution >= 0.6 is 0 Å². The molecule has 5 nitrogen and oxygen atoms in total. The van der Waals surface area contributed by atoms with Gasteiger partial charge in [0.2, 0.25) is 0 Å².